The van der Waals surface area contributed by atoms with E-state index in [0.29, 0.717) is 13.2 Å². The van der Waals surface area contributed by atoms with Gasteiger partial charge in [-0.15, -0.1) is 0 Å². The molecule has 0 saturated heterocycles. The first-order valence-electron chi connectivity index (χ1n) is 7.61. The van der Waals surface area contributed by atoms with Crippen LogP contribution in [0.25, 0.3) is 0 Å². The van der Waals surface area contributed by atoms with E-state index in [0.717, 1.165) is 29.2 Å². The molecule has 2 rings (SSSR count). The van der Waals surface area contributed by atoms with Gasteiger partial charge in [0.15, 0.2) is 9.84 Å². The standard InChI is InChI=1S/C17H20N2O5S/c1-12-4-7-17(13(2)10-12)24-9-8-18-15-6-5-14(25(3,22)23)11-16(15)19(20)21/h4-7,10-11,18H,8-9H2,1-3H3. The molecule has 0 saturated carbocycles. The summed E-state index contributed by atoms with van der Waals surface area (Å²) in [6, 6.07) is 9.64. The van der Waals surface area contributed by atoms with Gasteiger partial charge in [0, 0.05) is 18.9 Å². The zero-order chi connectivity index (χ0) is 18.6. The van der Waals surface area contributed by atoms with Crippen molar-refractivity contribution < 1.29 is 18.1 Å². The van der Waals surface area contributed by atoms with E-state index in [-0.39, 0.29) is 16.3 Å². The van der Waals surface area contributed by atoms with Crippen LogP contribution in [-0.2, 0) is 9.84 Å². The van der Waals surface area contributed by atoms with Crippen LogP contribution in [-0.4, -0.2) is 32.7 Å². The van der Waals surface area contributed by atoms with E-state index in [9.17, 15) is 18.5 Å². The molecule has 1 N–H and O–H groups in total. The van der Waals surface area contributed by atoms with Gasteiger partial charge in [0.2, 0.25) is 0 Å². The van der Waals surface area contributed by atoms with Crippen molar-refractivity contribution in [2.24, 2.45) is 0 Å². The summed E-state index contributed by atoms with van der Waals surface area (Å²) in [7, 11) is -3.50. The summed E-state index contributed by atoms with van der Waals surface area (Å²) in [6.07, 6.45) is 1.01. The van der Waals surface area contributed by atoms with Crippen molar-refractivity contribution in [3.63, 3.8) is 0 Å². The Morgan fingerprint density at radius 3 is 2.48 bits per heavy atom. The van der Waals surface area contributed by atoms with Crippen LogP contribution in [0.15, 0.2) is 41.3 Å². The van der Waals surface area contributed by atoms with E-state index in [1.807, 2.05) is 32.0 Å². The molecule has 2 aromatic rings. The summed E-state index contributed by atoms with van der Waals surface area (Å²) in [5.41, 5.74) is 2.13. The van der Waals surface area contributed by atoms with Gasteiger partial charge >= 0.3 is 0 Å². The molecule has 0 amide bonds. The number of hydrogen-bond donors (Lipinski definition) is 1. The fourth-order valence-corrected chi connectivity index (χ4v) is 2.99. The molecular formula is C17H20N2O5S. The molecule has 8 heteroatoms. The number of anilines is 1. The normalized spacial score (nSPS) is 11.2. The quantitative estimate of drug-likeness (QED) is 0.460. The lowest BCUT2D eigenvalue weighted by atomic mass is 10.1. The van der Waals surface area contributed by atoms with Crippen LogP contribution in [0.4, 0.5) is 11.4 Å². The Morgan fingerprint density at radius 1 is 1.16 bits per heavy atom. The van der Waals surface area contributed by atoms with Gasteiger partial charge in [-0.3, -0.25) is 10.1 Å². The highest BCUT2D eigenvalue weighted by Gasteiger charge is 2.18. The van der Waals surface area contributed by atoms with Gasteiger partial charge in [0.05, 0.1) is 9.82 Å². The SMILES string of the molecule is Cc1ccc(OCCNc2ccc(S(C)(=O)=O)cc2[N+](=O)[O-])c(C)c1. The van der Waals surface area contributed by atoms with Gasteiger partial charge in [-0.05, 0) is 37.6 Å². The van der Waals surface area contributed by atoms with E-state index >= 15 is 0 Å². The fraction of sp³-hybridized carbons (Fsp3) is 0.294. The smallest absolute Gasteiger partial charge is 0.293 e. The molecular weight excluding hydrogens is 344 g/mol. The van der Waals surface area contributed by atoms with Crippen molar-refractivity contribution in [1.29, 1.82) is 0 Å². The lowest BCUT2D eigenvalue weighted by molar-refractivity contribution is -0.384. The third kappa shape index (κ3) is 4.93. The Bertz CT molecular complexity index is 894. The molecule has 0 fully saturated rings. The molecule has 0 bridgehead atoms. The van der Waals surface area contributed by atoms with E-state index in [1.54, 1.807) is 0 Å². The average molecular weight is 364 g/mol. The highest BCUT2D eigenvalue weighted by atomic mass is 32.2. The number of aryl methyl sites for hydroxylation is 2. The van der Waals surface area contributed by atoms with Gasteiger partial charge in [0.25, 0.3) is 5.69 Å². The van der Waals surface area contributed by atoms with Crippen molar-refractivity contribution in [2.45, 2.75) is 18.7 Å². The first-order valence-corrected chi connectivity index (χ1v) is 9.50. The molecule has 0 heterocycles. The minimum atomic E-state index is -3.50. The number of nitro benzene ring substituents is 1. The number of ether oxygens (including phenoxy) is 1. The van der Waals surface area contributed by atoms with Gasteiger partial charge < -0.3 is 10.1 Å². The lowest BCUT2D eigenvalue weighted by Gasteiger charge is -2.11. The van der Waals surface area contributed by atoms with Crippen molar-refractivity contribution >= 4 is 21.2 Å². The van der Waals surface area contributed by atoms with E-state index in [2.05, 4.69) is 5.32 Å². The maximum atomic E-state index is 11.5. The van der Waals surface area contributed by atoms with Gasteiger partial charge in [-0.1, -0.05) is 17.7 Å². The molecule has 0 aliphatic heterocycles. The number of benzene rings is 2. The minimum Gasteiger partial charge on any atom is -0.491 e. The molecule has 0 aliphatic carbocycles. The van der Waals surface area contributed by atoms with Crippen LogP contribution in [0.2, 0.25) is 0 Å². The molecule has 0 atom stereocenters. The van der Waals surface area contributed by atoms with Crippen molar-refractivity contribution in [3.8, 4) is 5.75 Å². The second kappa shape index (κ2) is 7.52. The number of rotatable bonds is 7. The first-order chi connectivity index (χ1) is 11.7. The minimum absolute atomic E-state index is 0.0868. The summed E-state index contributed by atoms with van der Waals surface area (Å²) in [6.45, 7) is 4.60. The average Bonchev–Trinajstić information content (AvgIpc) is 2.52. The third-order valence-corrected chi connectivity index (χ3v) is 4.71. The van der Waals surface area contributed by atoms with Crippen LogP contribution >= 0.6 is 0 Å². The maximum Gasteiger partial charge on any atom is 0.293 e. The predicted molar refractivity (Wildman–Crippen MR) is 96.1 cm³/mol. The summed E-state index contributed by atoms with van der Waals surface area (Å²) in [4.78, 5) is 10.5. The van der Waals surface area contributed by atoms with Crippen molar-refractivity contribution in [3.05, 3.63) is 57.6 Å². The monoisotopic (exact) mass is 364 g/mol. The number of nitrogens with one attached hydrogen (secondary N) is 1. The Hall–Kier alpha value is -2.61. The van der Waals surface area contributed by atoms with Gasteiger partial charge in [-0.2, -0.15) is 0 Å². The lowest BCUT2D eigenvalue weighted by Crippen LogP contribution is -2.13. The van der Waals surface area contributed by atoms with Gasteiger partial charge in [-0.25, -0.2) is 8.42 Å². The van der Waals surface area contributed by atoms with Crippen LogP contribution in [0.1, 0.15) is 11.1 Å². The Labute approximate surface area is 146 Å². The molecule has 134 valence electrons. The van der Waals surface area contributed by atoms with Gasteiger partial charge in [0.1, 0.15) is 18.0 Å². The Kier molecular flexibility index (Phi) is 5.63. The second-order valence-corrected chi connectivity index (χ2v) is 7.77. The second-order valence-electron chi connectivity index (χ2n) is 5.75. The molecule has 7 nitrogen and oxygen atoms in total. The molecule has 0 radical (unpaired) electrons. The van der Waals surface area contributed by atoms with Crippen LogP contribution in [0.3, 0.4) is 0 Å². The van der Waals surface area contributed by atoms with Crippen LogP contribution in [0.5, 0.6) is 5.75 Å². The molecule has 0 spiro atoms. The Morgan fingerprint density at radius 2 is 1.88 bits per heavy atom. The Balaban J connectivity index is 2.04. The zero-order valence-electron chi connectivity index (χ0n) is 14.3. The summed E-state index contributed by atoms with van der Waals surface area (Å²) in [5, 5.41) is 14.1. The molecule has 0 aliphatic rings. The highest BCUT2D eigenvalue weighted by Crippen LogP contribution is 2.27. The third-order valence-electron chi connectivity index (χ3n) is 3.60. The number of nitrogens with zero attached hydrogens (tertiary/aromatic N) is 1. The summed E-state index contributed by atoms with van der Waals surface area (Å²) >= 11 is 0. The predicted octanol–water partition coefficient (Wildman–Crippen LogP) is 3.11. The number of hydrogen-bond acceptors (Lipinski definition) is 6. The van der Waals surface area contributed by atoms with Crippen molar-refractivity contribution in [2.75, 3.05) is 24.7 Å². The summed E-state index contributed by atoms with van der Waals surface area (Å²) < 4.78 is 28.7. The largest absolute Gasteiger partial charge is 0.491 e. The molecule has 0 aromatic heterocycles. The maximum absolute atomic E-state index is 11.5. The molecule has 0 unspecified atom stereocenters. The highest BCUT2D eigenvalue weighted by molar-refractivity contribution is 7.90. The van der Waals surface area contributed by atoms with E-state index < -0.39 is 14.8 Å². The van der Waals surface area contributed by atoms with E-state index in [4.69, 9.17) is 4.74 Å². The van der Waals surface area contributed by atoms with Crippen molar-refractivity contribution in [1.82, 2.24) is 0 Å². The van der Waals surface area contributed by atoms with Crippen LogP contribution < -0.4 is 10.1 Å². The van der Waals surface area contributed by atoms with Crippen LogP contribution in [0, 0.1) is 24.0 Å². The number of sulfone groups is 1. The molecule has 2 aromatic carbocycles. The molecule has 25 heavy (non-hydrogen) atoms. The van der Waals surface area contributed by atoms with E-state index in [1.165, 1.54) is 12.1 Å². The first kappa shape index (κ1) is 18.7. The number of nitro groups is 1. The zero-order valence-corrected chi connectivity index (χ0v) is 15.1. The fourth-order valence-electron chi connectivity index (χ4n) is 2.35. The topological polar surface area (TPSA) is 98.5 Å². The summed E-state index contributed by atoms with van der Waals surface area (Å²) in [5.74, 6) is 0.759.